The molecule has 1 fully saturated rings. The van der Waals surface area contributed by atoms with Gasteiger partial charge in [0.2, 0.25) is 0 Å². The molecular weight excluding hydrogens is 666 g/mol. The van der Waals surface area contributed by atoms with E-state index in [-0.39, 0.29) is 23.8 Å². The molecular formula is C44H59N3O6. The van der Waals surface area contributed by atoms with Gasteiger partial charge in [0, 0.05) is 36.2 Å². The van der Waals surface area contributed by atoms with Gasteiger partial charge in [-0.25, -0.2) is 0 Å². The Bertz CT molecular complexity index is 1810. The number of fused-ring (bicyclic) bond motifs is 5. The van der Waals surface area contributed by atoms with E-state index in [2.05, 4.69) is 37.1 Å². The van der Waals surface area contributed by atoms with E-state index in [4.69, 9.17) is 19.9 Å². The summed E-state index contributed by atoms with van der Waals surface area (Å²) in [5.41, 5.74) is 13.3. The maximum atomic E-state index is 11.9. The zero-order valence-electron chi connectivity index (χ0n) is 32.0. The zero-order chi connectivity index (χ0) is 37.2. The number of aliphatic hydroxyl groups excluding tert-OH is 1. The molecule has 9 nitrogen and oxygen atoms in total. The number of guanidine groups is 1. The molecule has 53 heavy (non-hydrogen) atoms. The Balaban J connectivity index is 1.20. The van der Waals surface area contributed by atoms with Crippen molar-refractivity contribution in [3.63, 3.8) is 0 Å². The van der Waals surface area contributed by atoms with E-state index >= 15 is 0 Å². The van der Waals surface area contributed by atoms with E-state index in [0.717, 1.165) is 128 Å². The lowest BCUT2D eigenvalue weighted by atomic mass is 9.72. The van der Waals surface area contributed by atoms with Crippen molar-refractivity contribution in [2.45, 2.75) is 135 Å². The van der Waals surface area contributed by atoms with E-state index in [9.17, 15) is 15.3 Å². The zero-order valence-corrected chi connectivity index (χ0v) is 32.0. The van der Waals surface area contributed by atoms with Gasteiger partial charge in [0.25, 0.3) is 0 Å². The summed E-state index contributed by atoms with van der Waals surface area (Å²) < 4.78 is 19.6. The molecule has 3 aromatic carbocycles. The number of aliphatic imine (C=N–C) groups is 1. The lowest BCUT2D eigenvalue weighted by Crippen LogP contribution is -2.46. The van der Waals surface area contributed by atoms with Crippen molar-refractivity contribution >= 4 is 5.96 Å². The van der Waals surface area contributed by atoms with Crippen LogP contribution in [0.4, 0.5) is 0 Å². The van der Waals surface area contributed by atoms with Crippen molar-refractivity contribution in [1.82, 2.24) is 5.32 Å². The summed E-state index contributed by atoms with van der Waals surface area (Å²) in [5.74, 6) is 3.81. The number of rotatable bonds is 12. The van der Waals surface area contributed by atoms with Crippen LogP contribution in [0.25, 0.3) is 11.1 Å². The number of ether oxygens (including phenoxy) is 3. The number of aromatic hydroxyl groups is 2. The molecule has 0 spiro atoms. The number of phenols is 2. The molecule has 0 saturated heterocycles. The predicted molar refractivity (Wildman–Crippen MR) is 209 cm³/mol. The van der Waals surface area contributed by atoms with Crippen molar-refractivity contribution in [2.75, 3.05) is 13.7 Å². The number of methoxy groups -OCH3 is 1. The molecule has 1 saturated carbocycles. The first-order valence-electron chi connectivity index (χ1n) is 20.1. The van der Waals surface area contributed by atoms with E-state index in [1.165, 1.54) is 5.56 Å². The number of hydrogen-bond acceptors (Lipinski definition) is 9. The van der Waals surface area contributed by atoms with Crippen LogP contribution in [0.15, 0.2) is 41.4 Å². The number of benzene rings is 3. The van der Waals surface area contributed by atoms with Gasteiger partial charge in [-0.2, -0.15) is 0 Å². The molecule has 3 aromatic rings. The van der Waals surface area contributed by atoms with Crippen LogP contribution in [0.3, 0.4) is 0 Å². The molecule has 286 valence electrons. The minimum absolute atomic E-state index is 0.0315. The number of nitrogens with zero attached hydrogens (tertiary/aromatic N) is 1. The largest absolute Gasteiger partial charge is 0.508 e. The highest BCUT2D eigenvalue weighted by atomic mass is 16.5. The minimum atomic E-state index is -0.807. The highest BCUT2D eigenvalue weighted by Gasteiger charge is 2.39. The summed E-state index contributed by atoms with van der Waals surface area (Å²) >= 11 is 0. The molecule has 0 unspecified atom stereocenters. The highest BCUT2D eigenvalue weighted by molar-refractivity contribution is 5.83. The summed E-state index contributed by atoms with van der Waals surface area (Å²) in [4.78, 5) is 4.29. The molecule has 7 rings (SSSR count). The van der Waals surface area contributed by atoms with E-state index in [0.29, 0.717) is 35.7 Å². The Morgan fingerprint density at radius 2 is 1.83 bits per heavy atom. The monoisotopic (exact) mass is 725 g/mol. The van der Waals surface area contributed by atoms with E-state index in [1.54, 1.807) is 13.2 Å². The molecule has 4 aliphatic rings. The maximum Gasteiger partial charge on any atom is 0.188 e. The smallest absolute Gasteiger partial charge is 0.188 e. The fourth-order valence-corrected chi connectivity index (χ4v) is 9.43. The van der Waals surface area contributed by atoms with Crippen molar-refractivity contribution in [1.29, 1.82) is 0 Å². The molecule has 0 aromatic heterocycles. The second-order valence-corrected chi connectivity index (χ2v) is 16.3. The lowest BCUT2D eigenvalue weighted by molar-refractivity contribution is 0.0197. The second-order valence-electron chi connectivity index (χ2n) is 16.3. The fourth-order valence-electron chi connectivity index (χ4n) is 9.43. The maximum absolute atomic E-state index is 11.9. The molecule has 6 N–H and O–H groups in total. The number of hydrogen-bond donors (Lipinski definition) is 5. The molecule has 9 heteroatoms. The first kappa shape index (κ1) is 37.2. The van der Waals surface area contributed by atoms with Crippen LogP contribution in [0.1, 0.15) is 125 Å². The summed E-state index contributed by atoms with van der Waals surface area (Å²) in [6.45, 7) is 7.30. The molecule has 2 heterocycles. The Hall–Kier alpha value is -4.11. The van der Waals surface area contributed by atoms with Crippen LogP contribution in [0, 0.1) is 11.8 Å². The molecule has 6 atom stereocenters. The van der Waals surface area contributed by atoms with Crippen molar-refractivity contribution in [3.05, 3.63) is 64.2 Å². The normalized spacial score (nSPS) is 25.0. The van der Waals surface area contributed by atoms with Crippen LogP contribution >= 0.6 is 0 Å². The predicted octanol–water partition coefficient (Wildman–Crippen LogP) is 8.23. The lowest BCUT2D eigenvalue weighted by Gasteiger charge is -2.38. The molecule has 0 radical (unpaired) electrons. The average Bonchev–Trinajstić information content (AvgIpc) is 3.13. The summed E-state index contributed by atoms with van der Waals surface area (Å²) in [7, 11) is 1.71. The quantitative estimate of drug-likeness (QED) is 0.118. The standard InChI is InChI=1S/C44H59N3O6/c1-5-6-7-11-27-18-29-21-35(49)30(17-25(2)3)20-32(29)42-40(51-4)24-38-33(41(27)42)23-36(50)43(53-38)28-13-14-34(48)39(22-28)52-37-12-9-8-10-26(37)19-31-15-16-46-44(45)47-31/h13-14,20-22,24-27,31,36-37,43,48-50H,5-12,15-19,23H2,1-4H3,(H3,45,46,47)/t26-,27-,31-,36-,37-,43+/m1/s1. The third kappa shape index (κ3) is 7.91. The topological polar surface area (TPSA) is 139 Å². The Kier molecular flexibility index (Phi) is 11.3. The van der Waals surface area contributed by atoms with Gasteiger partial charge in [-0.1, -0.05) is 52.5 Å². The van der Waals surface area contributed by atoms with Gasteiger partial charge in [0.15, 0.2) is 17.5 Å². The van der Waals surface area contributed by atoms with Crippen LogP contribution in [-0.4, -0.2) is 53.2 Å². The number of phenolic OH excluding ortho intramolecular Hbond substituents is 2. The summed E-state index contributed by atoms with van der Waals surface area (Å²) in [6, 6.07) is 11.7. The van der Waals surface area contributed by atoms with E-state index in [1.807, 2.05) is 24.3 Å². The third-order valence-electron chi connectivity index (χ3n) is 12.0. The van der Waals surface area contributed by atoms with Crippen molar-refractivity contribution in [3.8, 4) is 39.9 Å². The summed E-state index contributed by atoms with van der Waals surface area (Å²) in [6.07, 6.45) is 11.1. The van der Waals surface area contributed by atoms with Gasteiger partial charge in [-0.3, -0.25) is 4.99 Å². The SMILES string of the molecule is CCCCC[C@@H]1Cc2cc(O)c(CC(C)C)cc2-c2c(OC)cc3c(c21)C[C@@H](O)[C@H](c1ccc(O)c(O[C@@H]2CCCC[C@@H]2C[C@H]2CCN=C(N)N2)c1)O3. The highest BCUT2D eigenvalue weighted by Crippen LogP contribution is 2.54. The first-order chi connectivity index (χ1) is 25.6. The Labute approximate surface area is 315 Å². The minimum Gasteiger partial charge on any atom is -0.508 e. The number of nitrogens with one attached hydrogen (secondary N) is 1. The molecule has 2 aliphatic carbocycles. The average molecular weight is 726 g/mol. The Morgan fingerprint density at radius 1 is 1.00 bits per heavy atom. The van der Waals surface area contributed by atoms with Gasteiger partial charge in [0.1, 0.15) is 29.5 Å². The summed E-state index contributed by atoms with van der Waals surface area (Å²) in [5, 5.41) is 37.3. The van der Waals surface area contributed by atoms with Gasteiger partial charge in [-0.15, -0.1) is 0 Å². The van der Waals surface area contributed by atoms with Crippen LogP contribution in [0.5, 0.6) is 28.7 Å². The Morgan fingerprint density at radius 3 is 2.60 bits per heavy atom. The van der Waals surface area contributed by atoms with Crippen molar-refractivity contribution in [2.24, 2.45) is 22.6 Å². The van der Waals surface area contributed by atoms with Gasteiger partial charge < -0.3 is 40.6 Å². The van der Waals surface area contributed by atoms with Gasteiger partial charge in [-0.05, 0) is 121 Å². The van der Waals surface area contributed by atoms with Gasteiger partial charge in [0.05, 0.1) is 13.2 Å². The number of nitrogens with two attached hydrogens (primary N) is 1. The fraction of sp³-hybridized carbons (Fsp3) is 0.568. The van der Waals surface area contributed by atoms with Crippen LogP contribution in [-0.2, 0) is 19.3 Å². The third-order valence-corrected chi connectivity index (χ3v) is 12.0. The molecule has 2 aliphatic heterocycles. The molecule has 0 bridgehead atoms. The molecule has 0 amide bonds. The van der Waals surface area contributed by atoms with Crippen molar-refractivity contribution < 1.29 is 29.5 Å². The second kappa shape index (κ2) is 16.1. The van der Waals surface area contributed by atoms with Gasteiger partial charge >= 0.3 is 0 Å². The van der Waals surface area contributed by atoms with Crippen LogP contribution in [0.2, 0.25) is 0 Å². The number of unbranched alkanes of at least 4 members (excludes halogenated alkanes) is 2. The number of aliphatic hydroxyl groups is 1. The first-order valence-corrected chi connectivity index (χ1v) is 20.1. The van der Waals surface area contributed by atoms with Crippen LogP contribution < -0.4 is 25.3 Å². The van der Waals surface area contributed by atoms with E-state index < -0.39 is 12.2 Å².